The normalized spacial score (nSPS) is 10.9. The summed E-state index contributed by atoms with van der Waals surface area (Å²) in [4.78, 5) is 11.7. The van der Waals surface area contributed by atoms with E-state index in [9.17, 15) is 4.79 Å². The standard InChI is InChI=1S/C12H15N3O2S2/c1-7(2)3-10-14-15-12(19-10)13-5-9-4-8(6-18-9)11(16)17/h4,6-7H,3,5H2,1-2H3,(H,13,15)(H,16,17). The molecule has 0 aromatic carbocycles. The highest BCUT2D eigenvalue weighted by molar-refractivity contribution is 7.15. The first-order chi connectivity index (χ1) is 9.04. The number of hydrogen-bond acceptors (Lipinski definition) is 6. The molecule has 0 amide bonds. The van der Waals surface area contributed by atoms with Crippen molar-refractivity contribution in [3.63, 3.8) is 0 Å². The van der Waals surface area contributed by atoms with Gasteiger partial charge in [-0.25, -0.2) is 4.79 Å². The molecule has 0 aliphatic heterocycles. The maximum absolute atomic E-state index is 10.8. The number of carbonyl (C=O) groups is 1. The highest BCUT2D eigenvalue weighted by Crippen LogP contribution is 2.21. The lowest BCUT2D eigenvalue weighted by Gasteiger charge is -1.98. The topological polar surface area (TPSA) is 75.1 Å². The highest BCUT2D eigenvalue weighted by atomic mass is 32.1. The fourth-order valence-electron chi connectivity index (χ4n) is 1.50. The smallest absolute Gasteiger partial charge is 0.336 e. The van der Waals surface area contributed by atoms with E-state index in [2.05, 4.69) is 29.4 Å². The number of hydrogen-bond donors (Lipinski definition) is 2. The van der Waals surface area contributed by atoms with Crippen molar-refractivity contribution in [3.8, 4) is 0 Å². The second-order valence-electron chi connectivity index (χ2n) is 4.56. The molecule has 0 bridgehead atoms. The second kappa shape index (κ2) is 6.12. The zero-order valence-corrected chi connectivity index (χ0v) is 12.3. The molecule has 0 aliphatic carbocycles. The van der Waals surface area contributed by atoms with E-state index in [-0.39, 0.29) is 0 Å². The van der Waals surface area contributed by atoms with Crippen molar-refractivity contribution in [3.05, 3.63) is 26.9 Å². The van der Waals surface area contributed by atoms with Gasteiger partial charge in [0.1, 0.15) is 5.01 Å². The minimum atomic E-state index is -0.891. The van der Waals surface area contributed by atoms with Crippen LogP contribution >= 0.6 is 22.7 Å². The summed E-state index contributed by atoms with van der Waals surface area (Å²) in [6.45, 7) is 4.87. The molecular weight excluding hydrogens is 282 g/mol. The quantitative estimate of drug-likeness (QED) is 0.857. The fraction of sp³-hybridized carbons (Fsp3) is 0.417. The van der Waals surface area contributed by atoms with E-state index in [1.54, 1.807) is 22.8 Å². The Morgan fingerprint density at radius 2 is 2.26 bits per heavy atom. The third-order valence-electron chi connectivity index (χ3n) is 2.36. The van der Waals surface area contributed by atoms with E-state index in [0.717, 1.165) is 21.4 Å². The van der Waals surface area contributed by atoms with Crippen LogP contribution in [0.4, 0.5) is 5.13 Å². The van der Waals surface area contributed by atoms with Crippen LogP contribution in [0.15, 0.2) is 11.4 Å². The van der Waals surface area contributed by atoms with Crippen molar-refractivity contribution in [2.75, 3.05) is 5.32 Å². The van der Waals surface area contributed by atoms with Gasteiger partial charge in [-0.3, -0.25) is 0 Å². The van der Waals surface area contributed by atoms with Gasteiger partial charge < -0.3 is 10.4 Å². The molecule has 0 radical (unpaired) electrons. The van der Waals surface area contributed by atoms with E-state index < -0.39 is 5.97 Å². The second-order valence-corrected chi connectivity index (χ2v) is 6.62. The Morgan fingerprint density at radius 3 is 2.89 bits per heavy atom. The zero-order valence-electron chi connectivity index (χ0n) is 10.7. The van der Waals surface area contributed by atoms with E-state index in [1.165, 1.54) is 11.3 Å². The van der Waals surface area contributed by atoms with Crippen molar-refractivity contribution < 1.29 is 9.90 Å². The maximum Gasteiger partial charge on any atom is 0.336 e. The van der Waals surface area contributed by atoms with Crippen LogP contribution in [0, 0.1) is 5.92 Å². The zero-order chi connectivity index (χ0) is 13.8. The van der Waals surface area contributed by atoms with E-state index in [4.69, 9.17) is 5.11 Å². The van der Waals surface area contributed by atoms with Crippen LogP contribution in [0.2, 0.25) is 0 Å². The summed E-state index contributed by atoms with van der Waals surface area (Å²) in [7, 11) is 0. The number of carboxylic acid groups (broad SMARTS) is 1. The minimum absolute atomic E-state index is 0.333. The van der Waals surface area contributed by atoms with Crippen LogP contribution < -0.4 is 5.32 Å². The first kappa shape index (κ1) is 14.0. The van der Waals surface area contributed by atoms with Crippen molar-refractivity contribution in [1.29, 1.82) is 0 Å². The van der Waals surface area contributed by atoms with Gasteiger partial charge in [0.25, 0.3) is 0 Å². The predicted octanol–water partition coefficient (Wildman–Crippen LogP) is 3.11. The van der Waals surface area contributed by atoms with Crippen LogP contribution in [-0.2, 0) is 13.0 Å². The van der Waals surface area contributed by atoms with Gasteiger partial charge in [0, 0.05) is 16.7 Å². The third kappa shape index (κ3) is 4.00. The molecule has 2 aromatic heterocycles. The molecule has 2 rings (SSSR count). The van der Waals surface area contributed by atoms with E-state index >= 15 is 0 Å². The Kier molecular flexibility index (Phi) is 4.49. The molecule has 0 saturated heterocycles. The number of anilines is 1. The van der Waals surface area contributed by atoms with Crippen molar-refractivity contribution in [1.82, 2.24) is 10.2 Å². The lowest BCUT2D eigenvalue weighted by Crippen LogP contribution is -1.97. The molecule has 5 nitrogen and oxygen atoms in total. The molecule has 19 heavy (non-hydrogen) atoms. The molecule has 0 unspecified atom stereocenters. The van der Waals surface area contributed by atoms with Crippen molar-refractivity contribution in [2.45, 2.75) is 26.8 Å². The first-order valence-electron chi connectivity index (χ1n) is 5.91. The van der Waals surface area contributed by atoms with E-state index in [0.29, 0.717) is 18.0 Å². The summed E-state index contributed by atoms with van der Waals surface area (Å²) in [5, 5.41) is 23.6. The van der Waals surface area contributed by atoms with Gasteiger partial charge in [0.05, 0.1) is 12.1 Å². The monoisotopic (exact) mass is 297 g/mol. The average molecular weight is 297 g/mol. The van der Waals surface area contributed by atoms with Crippen LogP contribution in [0.5, 0.6) is 0 Å². The molecule has 2 N–H and O–H groups in total. The molecule has 102 valence electrons. The molecule has 2 heterocycles. The van der Waals surface area contributed by atoms with Gasteiger partial charge in [0.2, 0.25) is 5.13 Å². The number of nitrogens with one attached hydrogen (secondary N) is 1. The lowest BCUT2D eigenvalue weighted by atomic mass is 10.1. The van der Waals surface area contributed by atoms with Gasteiger partial charge in [-0.2, -0.15) is 0 Å². The van der Waals surface area contributed by atoms with Gasteiger partial charge in [0.15, 0.2) is 0 Å². The first-order valence-corrected chi connectivity index (χ1v) is 7.61. The Labute approximate surface area is 119 Å². The molecule has 0 saturated carbocycles. The summed E-state index contributed by atoms with van der Waals surface area (Å²) in [6.07, 6.45) is 0.932. The lowest BCUT2D eigenvalue weighted by molar-refractivity contribution is 0.0697. The molecule has 0 aliphatic rings. The minimum Gasteiger partial charge on any atom is -0.478 e. The summed E-state index contributed by atoms with van der Waals surface area (Å²) in [5.41, 5.74) is 0.333. The number of aromatic carboxylic acids is 1. The number of nitrogens with zero attached hydrogens (tertiary/aromatic N) is 2. The molecule has 0 fully saturated rings. The van der Waals surface area contributed by atoms with E-state index in [1.807, 2.05) is 0 Å². The number of carboxylic acids is 1. The third-order valence-corrected chi connectivity index (χ3v) is 4.20. The maximum atomic E-state index is 10.8. The Hall–Kier alpha value is -1.47. The van der Waals surface area contributed by atoms with Gasteiger partial charge >= 0.3 is 5.97 Å². The number of rotatable bonds is 6. The van der Waals surface area contributed by atoms with Crippen LogP contribution in [0.3, 0.4) is 0 Å². The summed E-state index contributed by atoms with van der Waals surface area (Å²) < 4.78 is 0. The molecular formula is C12H15N3O2S2. The van der Waals surface area contributed by atoms with Crippen molar-refractivity contribution in [2.24, 2.45) is 5.92 Å². The summed E-state index contributed by atoms with van der Waals surface area (Å²) in [5.74, 6) is -0.325. The SMILES string of the molecule is CC(C)Cc1nnc(NCc2cc(C(=O)O)cs2)s1. The van der Waals surface area contributed by atoms with Crippen molar-refractivity contribution >= 4 is 33.8 Å². The largest absolute Gasteiger partial charge is 0.478 e. The van der Waals surface area contributed by atoms with Crippen LogP contribution in [-0.4, -0.2) is 21.3 Å². The van der Waals surface area contributed by atoms with Crippen LogP contribution in [0.25, 0.3) is 0 Å². The molecule has 7 heteroatoms. The fourth-order valence-corrected chi connectivity index (χ4v) is 3.25. The molecule has 2 aromatic rings. The van der Waals surface area contributed by atoms with Gasteiger partial charge in [-0.15, -0.1) is 21.5 Å². The highest BCUT2D eigenvalue weighted by Gasteiger charge is 2.08. The Balaban J connectivity index is 1.90. The van der Waals surface area contributed by atoms with Crippen LogP contribution in [0.1, 0.15) is 34.1 Å². The summed E-state index contributed by atoms with van der Waals surface area (Å²) in [6, 6.07) is 1.68. The number of thiophene rings is 1. The van der Waals surface area contributed by atoms with Gasteiger partial charge in [-0.05, 0) is 12.0 Å². The van der Waals surface area contributed by atoms with Gasteiger partial charge in [-0.1, -0.05) is 25.2 Å². The predicted molar refractivity (Wildman–Crippen MR) is 77.1 cm³/mol. The Bertz CT molecular complexity index is 563. The molecule has 0 atom stereocenters. The average Bonchev–Trinajstić information content (AvgIpc) is 2.94. The summed E-state index contributed by atoms with van der Waals surface area (Å²) >= 11 is 2.98. The number of aromatic nitrogens is 2. The Morgan fingerprint density at radius 1 is 1.47 bits per heavy atom. The molecule has 0 spiro atoms.